The van der Waals surface area contributed by atoms with Gasteiger partial charge in [-0.15, -0.1) is 0 Å². The molecule has 0 aromatic heterocycles. The van der Waals surface area contributed by atoms with Gasteiger partial charge in [0.25, 0.3) is 0 Å². The topological polar surface area (TPSA) is 78.9 Å². The number of carbonyl (C=O) groups excluding carboxylic acids is 3. The Morgan fingerprint density at radius 1 is 0.292 bits per heavy atom. The zero-order valence-electron chi connectivity index (χ0n) is 47.4. The third kappa shape index (κ3) is 57.5. The second-order valence-electron chi connectivity index (χ2n) is 20.2. The number of ether oxygens (including phenoxy) is 3. The molecular formula is C66H114O6. The molecular weight excluding hydrogens is 889 g/mol. The lowest BCUT2D eigenvalue weighted by atomic mass is 10.1. The highest BCUT2D eigenvalue weighted by Gasteiger charge is 2.19. The Kier molecular flexibility index (Phi) is 57.3. The summed E-state index contributed by atoms with van der Waals surface area (Å²) in [7, 11) is 0. The lowest BCUT2D eigenvalue weighted by Gasteiger charge is -2.18. The number of unbranched alkanes of at least 4 members (excludes halogenated alkanes) is 30. The maximum atomic E-state index is 12.8. The van der Waals surface area contributed by atoms with E-state index in [1.807, 2.05) is 0 Å². The van der Waals surface area contributed by atoms with Crippen molar-refractivity contribution in [3.05, 3.63) is 85.1 Å². The molecule has 6 heteroatoms. The molecule has 414 valence electrons. The van der Waals surface area contributed by atoms with E-state index in [2.05, 4.69) is 106 Å². The summed E-state index contributed by atoms with van der Waals surface area (Å²) in [5.74, 6) is -0.884. The first-order valence-electron chi connectivity index (χ1n) is 30.6. The van der Waals surface area contributed by atoms with Gasteiger partial charge in [0.2, 0.25) is 0 Å². The number of allylic oxidation sites excluding steroid dienone is 14. The fourth-order valence-corrected chi connectivity index (χ4v) is 8.56. The van der Waals surface area contributed by atoms with Gasteiger partial charge in [0, 0.05) is 19.3 Å². The molecule has 0 aromatic rings. The lowest BCUT2D eigenvalue weighted by Crippen LogP contribution is -2.30. The monoisotopic (exact) mass is 1000 g/mol. The van der Waals surface area contributed by atoms with Crippen LogP contribution in [-0.4, -0.2) is 37.2 Å². The molecule has 0 N–H and O–H groups in total. The molecule has 0 aliphatic rings. The van der Waals surface area contributed by atoms with Gasteiger partial charge >= 0.3 is 17.9 Å². The van der Waals surface area contributed by atoms with E-state index < -0.39 is 6.10 Å². The van der Waals surface area contributed by atoms with Crippen LogP contribution in [0.5, 0.6) is 0 Å². The van der Waals surface area contributed by atoms with Crippen LogP contribution in [0.2, 0.25) is 0 Å². The molecule has 0 heterocycles. The quantitative estimate of drug-likeness (QED) is 0.0261. The van der Waals surface area contributed by atoms with Crippen LogP contribution in [-0.2, 0) is 28.6 Å². The molecule has 6 nitrogen and oxygen atoms in total. The van der Waals surface area contributed by atoms with E-state index in [4.69, 9.17) is 14.2 Å². The summed E-state index contributed by atoms with van der Waals surface area (Å²) < 4.78 is 16.9. The number of carbonyl (C=O) groups is 3. The Morgan fingerprint density at radius 2 is 0.542 bits per heavy atom. The molecule has 0 aromatic carbocycles. The Labute approximate surface area is 445 Å². The summed E-state index contributed by atoms with van der Waals surface area (Å²) in [6.07, 6.45) is 78.7. The summed E-state index contributed by atoms with van der Waals surface area (Å²) >= 11 is 0. The van der Waals surface area contributed by atoms with Crippen molar-refractivity contribution < 1.29 is 28.6 Å². The second-order valence-corrected chi connectivity index (χ2v) is 20.2. The Balaban J connectivity index is 4.21. The summed E-state index contributed by atoms with van der Waals surface area (Å²) in [6, 6.07) is 0. The van der Waals surface area contributed by atoms with Crippen LogP contribution in [0.4, 0.5) is 0 Å². The Hall–Kier alpha value is -3.41. The third-order valence-electron chi connectivity index (χ3n) is 13.1. The number of hydrogen-bond donors (Lipinski definition) is 0. The van der Waals surface area contributed by atoms with E-state index in [1.54, 1.807) is 0 Å². The Bertz CT molecular complexity index is 1380. The molecule has 0 amide bonds. The minimum atomic E-state index is -0.780. The van der Waals surface area contributed by atoms with Gasteiger partial charge in [0.1, 0.15) is 13.2 Å². The molecule has 0 radical (unpaired) electrons. The van der Waals surface area contributed by atoms with Crippen LogP contribution >= 0.6 is 0 Å². The molecule has 0 aliphatic carbocycles. The highest BCUT2D eigenvalue weighted by molar-refractivity contribution is 5.71. The van der Waals surface area contributed by atoms with Crippen LogP contribution in [0, 0.1) is 0 Å². The van der Waals surface area contributed by atoms with Crippen molar-refractivity contribution in [1.82, 2.24) is 0 Å². The van der Waals surface area contributed by atoms with Crippen molar-refractivity contribution in [2.24, 2.45) is 0 Å². The molecule has 0 aliphatic heterocycles. The maximum Gasteiger partial charge on any atom is 0.306 e. The van der Waals surface area contributed by atoms with Crippen LogP contribution in [0.25, 0.3) is 0 Å². The maximum absolute atomic E-state index is 12.8. The zero-order valence-corrected chi connectivity index (χ0v) is 47.4. The first-order valence-corrected chi connectivity index (χ1v) is 30.6. The molecule has 0 saturated heterocycles. The molecule has 0 bridgehead atoms. The summed E-state index contributed by atoms with van der Waals surface area (Å²) in [6.45, 7) is 6.52. The predicted molar refractivity (Wildman–Crippen MR) is 311 cm³/mol. The van der Waals surface area contributed by atoms with Crippen molar-refractivity contribution in [2.75, 3.05) is 13.2 Å². The van der Waals surface area contributed by atoms with E-state index in [0.717, 1.165) is 109 Å². The van der Waals surface area contributed by atoms with Gasteiger partial charge < -0.3 is 14.2 Å². The first-order chi connectivity index (χ1) is 35.5. The minimum absolute atomic E-state index is 0.0779. The highest BCUT2D eigenvalue weighted by atomic mass is 16.6. The predicted octanol–water partition coefficient (Wildman–Crippen LogP) is 20.7. The van der Waals surface area contributed by atoms with Crippen molar-refractivity contribution in [2.45, 2.75) is 303 Å². The fraction of sp³-hybridized carbons (Fsp3) is 0.742. The van der Waals surface area contributed by atoms with Crippen molar-refractivity contribution in [1.29, 1.82) is 0 Å². The van der Waals surface area contributed by atoms with E-state index in [1.165, 1.54) is 148 Å². The fourth-order valence-electron chi connectivity index (χ4n) is 8.56. The third-order valence-corrected chi connectivity index (χ3v) is 13.1. The SMILES string of the molecule is CC/C=C\C/C=C\C/C=C\C/C=C\C/C=C\C/C=C\CCCCCCCCCCCCC(=O)OCC(COC(=O)CCCCCCCCCCCC)OC(=O)CCCCCCC/C=C\CCCCCCCC. The van der Waals surface area contributed by atoms with Crippen LogP contribution < -0.4 is 0 Å². The zero-order chi connectivity index (χ0) is 52.2. The van der Waals surface area contributed by atoms with Gasteiger partial charge in [-0.3, -0.25) is 14.4 Å². The largest absolute Gasteiger partial charge is 0.462 e. The number of rotatable bonds is 55. The van der Waals surface area contributed by atoms with E-state index in [-0.39, 0.29) is 31.1 Å². The molecule has 1 atom stereocenters. The molecule has 0 spiro atoms. The van der Waals surface area contributed by atoms with Gasteiger partial charge in [0.05, 0.1) is 0 Å². The first kappa shape index (κ1) is 68.6. The lowest BCUT2D eigenvalue weighted by molar-refractivity contribution is -0.167. The number of hydrogen-bond acceptors (Lipinski definition) is 6. The highest BCUT2D eigenvalue weighted by Crippen LogP contribution is 2.16. The molecule has 72 heavy (non-hydrogen) atoms. The van der Waals surface area contributed by atoms with E-state index in [0.29, 0.717) is 19.3 Å². The van der Waals surface area contributed by atoms with Crippen molar-refractivity contribution in [3.8, 4) is 0 Å². The number of esters is 3. The normalized spacial score (nSPS) is 12.7. The molecule has 0 rings (SSSR count). The van der Waals surface area contributed by atoms with Gasteiger partial charge in [-0.05, 0) is 96.3 Å². The minimum Gasteiger partial charge on any atom is -0.462 e. The standard InChI is InChI=1S/C66H114O6/c1-4-7-10-13-16-19-22-24-26-27-28-29-30-31-32-33-34-35-36-37-38-39-41-42-44-47-50-53-56-59-65(68)71-62-63(61-70-64(67)58-55-52-49-46-21-18-15-12-9-6-3)72-66(69)60-57-54-51-48-45-43-40-25-23-20-17-14-11-8-5-2/h7,10,16,19,24-26,28-29,31-32,34-35,40,63H,4-6,8-9,11-15,17-18,20-23,27,30,33,36-39,41-62H2,1-3H3/b10-7-,19-16-,26-24-,29-28-,32-31-,35-34-,40-25-. The summed E-state index contributed by atoms with van der Waals surface area (Å²) in [5, 5.41) is 0. The molecule has 0 fully saturated rings. The average Bonchev–Trinajstić information content (AvgIpc) is 3.38. The molecule has 1 unspecified atom stereocenters. The van der Waals surface area contributed by atoms with Gasteiger partial charge in [0.15, 0.2) is 6.10 Å². The second kappa shape index (κ2) is 60.1. The van der Waals surface area contributed by atoms with E-state index in [9.17, 15) is 14.4 Å². The summed E-state index contributed by atoms with van der Waals surface area (Å²) in [4.78, 5) is 38.1. The van der Waals surface area contributed by atoms with E-state index >= 15 is 0 Å². The Morgan fingerprint density at radius 3 is 0.861 bits per heavy atom. The van der Waals surface area contributed by atoms with Crippen LogP contribution in [0.1, 0.15) is 297 Å². The summed E-state index contributed by atoms with van der Waals surface area (Å²) in [5.41, 5.74) is 0. The van der Waals surface area contributed by atoms with Crippen LogP contribution in [0.3, 0.4) is 0 Å². The average molecular weight is 1000 g/mol. The van der Waals surface area contributed by atoms with Gasteiger partial charge in [-0.1, -0.05) is 266 Å². The van der Waals surface area contributed by atoms with Crippen LogP contribution in [0.15, 0.2) is 85.1 Å². The van der Waals surface area contributed by atoms with Gasteiger partial charge in [-0.2, -0.15) is 0 Å². The van der Waals surface area contributed by atoms with Crippen molar-refractivity contribution >= 4 is 17.9 Å². The van der Waals surface area contributed by atoms with Crippen molar-refractivity contribution in [3.63, 3.8) is 0 Å². The smallest absolute Gasteiger partial charge is 0.306 e. The van der Waals surface area contributed by atoms with Gasteiger partial charge in [-0.25, -0.2) is 0 Å². The molecule has 0 saturated carbocycles.